The van der Waals surface area contributed by atoms with Crippen molar-refractivity contribution in [3.63, 3.8) is 0 Å². The van der Waals surface area contributed by atoms with E-state index in [2.05, 4.69) is 0 Å². The molecule has 0 radical (unpaired) electrons. The Balaban J connectivity index is 2.60. The minimum absolute atomic E-state index is 0.570. The average Bonchev–Trinajstić information content (AvgIpc) is 1.89. The molecule has 0 amide bonds. The fourth-order valence-corrected chi connectivity index (χ4v) is 0.530. The first kappa shape index (κ1) is 3.94. The van der Waals surface area contributed by atoms with Crippen molar-refractivity contribution in [2.75, 3.05) is 0 Å². The molecular weight excluding hydrogens is 84.1 g/mol. The molecule has 0 saturated heterocycles. The number of unbranched alkanes of at least 4 members (excludes halogenated alkanes) is 4. The summed E-state index contributed by atoms with van der Waals surface area (Å²) < 4.78 is 13.7. The molecule has 0 saturated carbocycles. The van der Waals surface area contributed by atoms with Crippen molar-refractivity contribution in [2.24, 2.45) is 0 Å². The van der Waals surface area contributed by atoms with Crippen LogP contribution in [-0.2, 0) is 0 Å². The first-order valence-corrected chi connectivity index (χ1v) is 3.00. The minimum Gasteiger partial charge on any atom is -0.0654 e. The number of hydrogen-bond donors (Lipinski definition) is 0. The third-order valence-electron chi connectivity index (χ3n) is 1.000. The summed E-state index contributed by atoms with van der Waals surface area (Å²) in [6.45, 7) is 1.14. The fourth-order valence-electron chi connectivity index (χ4n) is 0.530. The lowest BCUT2D eigenvalue weighted by molar-refractivity contribution is 0.656. The van der Waals surface area contributed by atoms with E-state index < -0.39 is 0 Å². The van der Waals surface area contributed by atoms with Crippen molar-refractivity contribution < 1.29 is 2.74 Å². The lowest BCUT2D eigenvalue weighted by Gasteiger charge is -1.90. The van der Waals surface area contributed by atoms with Gasteiger partial charge in [-0.1, -0.05) is 45.9 Å². The van der Waals surface area contributed by atoms with Crippen molar-refractivity contribution in [1.29, 1.82) is 0 Å². The van der Waals surface area contributed by atoms with Gasteiger partial charge in [0.2, 0.25) is 0 Å². The lowest BCUT2D eigenvalue weighted by Crippen LogP contribution is -1.70. The molecule has 0 atom stereocenters. The van der Waals surface area contributed by atoms with Gasteiger partial charge in [0.25, 0.3) is 0 Å². The van der Waals surface area contributed by atoms with Crippen molar-refractivity contribution in [3.05, 3.63) is 0 Å². The van der Waals surface area contributed by atoms with Gasteiger partial charge >= 0.3 is 0 Å². The molecule has 0 N–H and O–H groups in total. The van der Waals surface area contributed by atoms with Crippen LogP contribution in [0.2, 0.25) is 0 Å². The molecule has 0 aliphatic rings. The summed E-state index contributed by atoms with van der Waals surface area (Å²) in [7, 11) is 0. The van der Waals surface area contributed by atoms with Crippen LogP contribution in [0.25, 0.3) is 0 Å². The molecule has 0 bridgehead atoms. The highest BCUT2D eigenvalue weighted by Gasteiger charge is 1.80. The van der Waals surface area contributed by atoms with Gasteiger partial charge in [-0.15, -0.1) is 0 Å². The Morgan fingerprint density at radius 3 is 2.00 bits per heavy atom. The zero-order valence-electron chi connectivity index (χ0n) is 6.95. The summed E-state index contributed by atoms with van der Waals surface area (Å²) in [6, 6.07) is 0. The Morgan fingerprint density at radius 2 is 1.57 bits per heavy atom. The van der Waals surface area contributed by atoms with E-state index in [1.807, 2.05) is 0 Å². The molecule has 44 valence electrons. The lowest BCUT2D eigenvalue weighted by atomic mass is 10.2. The van der Waals surface area contributed by atoms with E-state index in [0.29, 0.717) is 13.8 Å². The Morgan fingerprint density at radius 1 is 1.00 bits per heavy atom. The third-order valence-corrected chi connectivity index (χ3v) is 1.000. The molecular formula is C7H16. The van der Waals surface area contributed by atoms with Crippen molar-refractivity contribution in [3.8, 4) is 0 Å². The molecule has 0 aliphatic carbocycles. The smallest absolute Gasteiger partial charge is 0.0230 e. The first-order chi connectivity index (χ1) is 4.41. The van der Waals surface area contributed by atoms with Gasteiger partial charge in [-0.25, -0.2) is 0 Å². The predicted octanol–water partition coefficient (Wildman–Crippen LogP) is 2.98. The van der Waals surface area contributed by atoms with E-state index >= 15 is 0 Å². The first-order valence-electron chi connectivity index (χ1n) is 4.41. The summed E-state index contributed by atoms with van der Waals surface area (Å²) >= 11 is 0. The highest BCUT2D eigenvalue weighted by Crippen LogP contribution is 2.00. The maximum absolute atomic E-state index is 6.85. The maximum Gasteiger partial charge on any atom is 0.0230 e. The van der Waals surface area contributed by atoms with Gasteiger partial charge in [-0.2, -0.15) is 0 Å². The molecule has 0 rings (SSSR count). The van der Waals surface area contributed by atoms with E-state index in [4.69, 9.17) is 2.74 Å². The molecule has 0 aromatic carbocycles. The van der Waals surface area contributed by atoms with Crippen LogP contribution in [0.5, 0.6) is 0 Å². The van der Waals surface area contributed by atoms with Crippen LogP contribution in [0.15, 0.2) is 0 Å². The topological polar surface area (TPSA) is 0 Å². The molecule has 0 aliphatic heterocycles. The molecule has 7 heavy (non-hydrogen) atoms. The van der Waals surface area contributed by atoms with E-state index in [9.17, 15) is 0 Å². The fraction of sp³-hybridized carbons (Fsp3) is 1.00. The number of hydrogen-bond acceptors (Lipinski definition) is 0. The van der Waals surface area contributed by atoms with E-state index in [-0.39, 0.29) is 0 Å². The summed E-state index contributed by atoms with van der Waals surface area (Å²) in [6.07, 6.45) is 5.67. The third kappa shape index (κ3) is 6.00. The largest absolute Gasteiger partial charge is 0.0654 e. The Kier molecular flexibility index (Phi) is 3.38. The van der Waals surface area contributed by atoms with Gasteiger partial charge in [0.15, 0.2) is 0 Å². The normalized spacial score (nSPS) is 13.1. The quantitative estimate of drug-likeness (QED) is 0.481. The van der Waals surface area contributed by atoms with Gasteiger partial charge in [0.05, 0.1) is 0 Å². The molecule has 0 spiro atoms. The Hall–Kier alpha value is 0. The molecule has 0 heteroatoms. The highest BCUT2D eigenvalue weighted by atomic mass is 13.9. The van der Waals surface area contributed by atoms with Crippen molar-refractivity contribution >= 4 is 0 Å². The average molecular weight is 104 g/mol. The van der Waals surface area contributed by atoms with Gasteiger partial charge in [0.1, 0.15) is 0 Å². The molecule has 0 heterocycles. The van der Waals surface area contributed by atoms with E-state index in [0.717, 1.165) is 12.8 Å². The zero-order valence-corrected chi connectivity index (χ0v) is 4.95. The Bertz CT molecular complexity index is 40.2. The maximum atomic E-state index is 6.85. The number of rotatable bonds is 4. The van der Waals surface area contributed by atoms with Crippen LogP contribution >= 0.6 is 0 Å². The Labute approximate surface area is 49.7 Å². The summed E-state index contributed by atoms with van der Waals surface area (Å²) in [5.74, 6) is 0. The molecule has 0 fully saturated rings. The van der Waals surface area contributed by atoms with Crippen molar-refractivity contribution in [1.82, 2.24) is 0 Å². The SMILES string of the molecule is [3H]CCCCCCC[3H]. The van der Waals surface area contributed by atoms with Crippen molar-refractivity contribution in [2.45, 2.75) is 45.9 Å². The second kappa shape index (κ2) is 6.00. The monoisotopic (exact) mass is 104 g/mol. The summed E-state index contributed by atoms with van der Waals surface area (Å²) in [5, 5.41) is 0. The molecule has 0 aromatic rings. The van der Waals surface area contributed by atoms with Crippen LogP contribution in [0.3, 0.4) is 0 Å². The second-order valence-electron chi connectivity index (χ2n) is 1.77. The molecule has 0 nitrogen and oxygen atoms in total. The van der Waals surface area contributed by atoms with Gasteiger partial charge in [0, 0.05) is 2.74 Å². The molecule has 0 unspecified atom stereocenters. The van der Waals surface area contributed by atoms with E-state index in [1.165, 1.54) is 19.3 Å². The highest BCUT2D eigenvalue weighted by molar-refractivity contribution is 4.35. The van der Waals surface area contributed by atoms with Crippen LogP contribution < -0.4 is 0 Å². The van der Waals surface area contributed by atoms with E-state index in [1.54, 1.807) is 0 Å². The van der Waals surface area contributed by atoms with Crippen LogP contribution in [-0.4, -0.2) is 0 Å². The summed E-state index contributed by atoms with van der Waals surface area (Å²) in [4.78, 5) is 0. The predicted molar refractivity (Wildman–Crippen MR) is 34.4 cm³/mol. The van der Waals surface area contributed by atoms with Crippen LogP contribution in [0.1, 0.15) is 48.6 Å². The standard InChI is InChI=1S/C7H16/c1-3-5-7-6-4-2/h3-7H2,1-2H3/i1T,2T. The second-order valence-corrected chi connectivity index (χ2v) is 1.77. The van der Waals surface area contributed by atoms with Gasteiger partial charge < -0.3 is 0 Å². The minimum atomic E-state index is 0.570. The zero-order chi connectivity index (χ0) is 6.95. The summed E-state index contributed by atoms with van der Waals surface area (Å²) in [5.41, 5.74) is 0. The van der Waals surface area contributed by atoms with Gasteiger partial charge in [-0.05, 0) is 0 Å². The van der Waals surface area contributed by atoms with Crippen LogP contribution in [0, 0.1) is 0 Å². The van der Waals surface area contributed by atoms with Crippen LogP contribution in [0.4, 0.5) is 0 Å². The molecule has 0 aromatic heterocycles. The van der Waals surface area contributed by atoms with Gasteiger partial charge in [-0.3, -0.25) is 0 Å².